The zero-order valence-electron chi connectivity index (χ0n) is 20.4. The third-order valence-corrected chi connectivity index (χ3v) is 6.20. The highest BCUT2D eigenvalue weighted by Gasteiger charge is 2.14. The Morgan fingerprint density at radius 1 is 1.03 bits per heavy atom. The van der Waals surface area contributed by atoms with Gasteiger partial charge in [0.1, 0.15) is 5.52 Å². The molecule has 0 spiro atoms. The number of anilines is 1. The van der Waals surface area contributed by atoms with Crippen molar-refractivity contribution in [1.82, 2.24) is 19.7 Å². The summed E-state index contributed by atoms with van der Waals surface area (Å²) in [5.74, 6) is 1.70. The molecule has 35 heavy (non-hydrogen) atoms. The second-order valence-corrected chi connectivity index (χ2v) is 8.96. The van der Waals surface area contributed by atoms with E-state index in [9.17, 15) is 0 Å². The summed E-state index contributed by atoms with van der Waals surface area (Å²) in [6.07, 6.45) is 6.43. The van der Waals surface area contributed by atoms with E-state index >= 15 is 0 Å². The van der Waals surface area contributed by atoms with Crippen LogP contribution in [0.15, 0.2) is 46.0 Å². The number of rotatable bonds is 12. The minimum Gasteiger partial charge on any atom is -0.490 e. The van der Waals surface area contributed by atoms with Crippen molar-refractivity contribution in [3.63, 3.8) is 0 Å². The maximum atomic E-state index is 5.74. The van der Waals surface area contributed by atoms with Crippen LogP contribution in [-0.4, -0.2) is 39.2 Å². The van der Waals surface area contributed by atoms with Gasteiger partial charge in [-0.3, -0.25) is 0 Å². The molecule has 8 nitrogen and oxygen atoms in total. The summed E-state index contributed by atoms with van der Waals surface area (Å²) in [5, 5.41) is 14.1. The van der Waals surface area contributed by atoms with E-state index in [1.165, 1.54) is 19.3 Å². The predicted octanol–water partition coefficient (Wildman–Crippen LogP) is 6.57. The highest BCUT2D eigenvalue weighted by molar-refractivity contribution is 9.10. The smallest absolute Gasteiger partial charge is 0.265 e. The number of hydrogen-bond donors (Lipinski definition) is 1. The van der Waals surface area contributed by atoms with Gasteiger partial charge in [0.15, 0.2) is 17.1 Å². The van der Waals surface area contributed by atoms with Crippen molar-refractivity contribution in [2.75, 3.05) is 18.6 Å². The first-order valence-corrected chi connectivity index (χ1v) is 12.9. The van der Waals surface area contributed by atoms with Gasteiger partial charge in [0.2, 0.25) is 0 Å². The number of unbranched alkanes of at least 4 members (excludes halogenated alkanes) is 3. The molecule has 0 atom stereocenters. The Balaban J connectivity index is 1.58. The van der Waals surface area contributed by atoms with E-state index in [2.05, 4.69) is 60.3 Å². The largest absolute Gasteiger partial charge is 0.490 e. The maximum absolute atomic E-state index is 5.74. The molecule has 2 heterocycles. The van der Waals surface area contributed by atoms with Gasteiger partial charge in [0.05, 0.1) is 29.4 Å². The molecule has 1 N–H and O–H groups in total. The van der Waals surface area contributed by atoms with Gasteiger partial charge >= 0.3 is 0 Å². The Bertz CT molecular complexity index is 1320. The fourth-order valence-electron chi connectivity index (χ4n) is 4.05. The molecule has 4 aromatic rings. The Morgan fingerprint density at radius 2 is 1.86 bits per heavy atom. The maximum Gasteiger partial charge on any atom is 0.265 e. The van der Waals surface area contributed by atoms with E-state index in [0.29, 0.717) is 30.7 Å². The zero-order valence-corrected chi connectivity index (χ0v) is 22.0. The lowest BCUT2D eigenvalue weighted by Crippen LogP contribution is -2.04. The van der Waals surface area contributed by atoms with Crippen molar-refractivity contribution in [3.05, 3.63) is 46.4 Å². The predicted molar refractivity (Wildman–Crippen MR) is 145 cm³/mol. The molecule has 0 amide bonds. The first kappa shape index (κ1) is 24.9. The number of hydrogen-bond acceptors (Lipinski definition) is 7. The number of nitrogens with zero attached hydrogens (tertiary/aromatic N) is 5. The van der Waals surface area contributed by atoms with Crippen LogP contribution >= 0.6 is 15.9 Å². The van der Waals surface area contributed by atoms with E-state index < -0.39 is 0 Å². The lowest BCUT2D eigenvalue weighted by atomic mass is 10.2. The molecule has 0 unspecified atom stereocenters. The summed E-state index contributed by atoms with van der Waals surface area (Å²) in [5.41, 5.74) is 6.52. The topological polar surface area (TPSA) is 86.5 Å². The molecule has 4 rings (SSSR count). The van der Waals surface area contributed by atoms with Gasteiger partial charge in [-0.1, -0.05) is 44.4 Å². The second kappa shape index (κ2) is 12.0. The molecule has 0 fully saturated rings. The first-order chi connectivity index (χ1) is 17.2. The van der Waals surface area contributed by atoms with Crippen LogP contribution in [0.1, 0.15) is 52.0 Å². The number of halogens is 1. The van der Waals surface area contributed by atoms with Crippen molar-refractivity contribution in [3.8, 4) is 11.5 Å². The second-order valence-electron chi connectivity index (χ2n) is 8.10. The van der Waals surface area contributed by atoms with Crippen molar-refractivity contribution in [2.24, 2.45) is 5.10 Å². The van der Waals surface area contributed by atoms with Crippen molar-refractivity contribution < 1.29 is 9.47 Å². The highest BCUT2D eigenvalue weighted by Crippen LogP contribution is 2.36. The molecule has 0 aliphatic rings. The third kappa shape index (κ3) is 5.73. The Labute approximate surface area is 213 Å². The summed E-state index contributed by atoms with van der Waals surface area (Å²) < 4.78 is 14.5. The average Bonchev–Trinajstić information content (AvgIpc) is 3.17. The van der Waals surface area contributed by atoms with Gasteiger partial charge in [-0.2, -0.15) is 10.1 Å². The molecule has 184 valence electrons. The molecule has 0 saturated heterocycles. The number of hydrazone groups is 1. The van der Waals surface area contributed by atoms with Crippen LogP contribution in [0.5, 0.6) is 11.5 Å². The highest BCUT2D eigenvalue weighted by atomic mass is 79.9. The van der Waals surface area contributed by atoms with Crippen LogP contribution in [0.25, 0.3) is 22.1 Å². The molecular formula is C26H31BrN6O2. The van der Waals surface area contributed by atoms with Crippen LogP contribution in [0.4, 0.5) is 5.95 Å². The molecule has 0 saturated carbocycles. The average molecular weight is 539 g/mol. The van der Waals surface area contributed by atoms with Gasteiger partial charge in [0.25, 0.3) is 5.95 Å². The Morgan fingerprint density at radius 3 is 2.66 bits per heavy atom. The minimum absolute atomic E-state index is 0.349. The zero-order chi connectivity index (χ0) is 24.6. The van der Waals surface area contributed by atoms with Gasteiger partial charge < -0.3 is 14.0 Å². The number of para-hydroxylation sites is 1. The summed E-state index contributed by atoms with van der Waals surface area (Å²) >= 11 is 3.56. The normalized spacial score (nSPS) is 11.5. The van der Waals surface area contributed by atoms with E-state index in [1.54, 1.807) is 6.21 Å². The van der Waals surface area contributed by atoms with E-state index in [1.807, 2.05) is 38.1 Å². The SMILES string of the molecule is CCCCCCn1c2ccccc2c2nnc(N/N=C/c3cc(Br)c(OCC)c(OCC)c3)nc21. The van der Waals surface area contributed by atoms with Gasteiger partial charge in [-0.05, 0) is 60.0 Å². The monoisotopic (exact) mass is 538 g/mol. The lowest BCUT2D eigenvalue weighted by Gasteiger charge is -2.13. The fraction of sp³-hybridized carbons (Fsp3) is 0.385. The number of ether oxygens (including phenoxy) is 2. The molecule has 0 aliphatic heterocycles. The molecule has 9 heteroatoms. The Kier molecular flexibility index (Phi) is 8.52. The van der Waals surface area contributed by atoms with E-state index in [-0.39, 0.29) is 0 Å². The van der Waals surface area contributed by atoms with Gasteiger partial charge in [-0.25, -0.2) is 5.43 Å². The summed E-state index contributed by atoms with van der Waals surface area (Å²) in [6, 6.07) is 12.1. The van der Waals surface area contributed by atoms with Gasteiger partial charge in [0, 0.05) is 11.9 Å². The van der Waals surface area contributed by atoms with E-state index in [0.717, 1.165) is 45.1 Å². The number of aromatic nitrogens is 4. The molecule has 0 radical (unpaired) electrons. The van der Waals surface area contributed by atoms with Crippen molar-refractivity contribution >= 4 is 50.2 Å². The van der Waals surface area contributed by atoms with Crippen LogP contribution in [-0.2, 0) is 6.54 Å². The standard InChI is InChI=1S/C26H31BrN6O2/c1-4-7-8-11-14-33-21-13-10-9-12-19(21)23-25(33)29-26(32-30-23)31-28-17-18-15-20(27)24(35-6-3)22(16-18)34-5-2/h9-10,12-13,15-17H,4-8,11,14H2,1-3H3,(H,29,31,32)/b28-17+. The van der Waals surface area contributed by atoms with E-state index in [4.69, 9.17) is 14.5 Å². The number of benzene rings is 2. The van der Waals surface area contributed by atoms with Crippen LogP contribution < -0.4 is 14.9 Å². The molecular weight excluding hydrogens is 508 g/mol. The number of fused-ring (bicyclic) bond motifs is 3. The quantitative estimate of drug-likeness (QED) is 0.125. The fourth-order valence-corrected chi connectivity index (χ4v) is 4.62. The van der Waals surface area contributed by atoms with Crippen LogP contribution in [0.2, 0.25) is 0 Å². The summed E-state index contributed by atoms with van der Waals surface area (Å²) in [4.78, 5) is 4.76. The van der Waals surface area contributed by atoms with Crippen molar-refractivity contribution in [1.29, 1.82) is 0 Å². The number of nitrogens with one attached hydrogen (secondary N) is 1. The third-order valence-electron chi connectivity index (χ3n) is 5.61. The van der Waals surface area contributed by atoms with Crippen LogP contribution in [0, 0.1) is 0 Å². The summed E-state index contributed by atoms with van der Waals surface area (Å²) in [6.45, 7) is 8.09. The molecule has 2 aromatic heterocycles. The Hall–Kier alpha value is -3.20. The molecule has 2 aromatic carbocycles. The first-order valence-electron chi connectivity index (χ1n) is 12.2. The van der Waals surface area contributed by atoms with Crippen LogP contribution in [0.3, 0.4) is 0 Å². The lowest BCUT2D eigenvalue weighted by molar-refractivity contribution is 0.286. The van der Waals surface area contributed by atoms with Gasteiger partial charge in [-0.15, -0.1) is 10.2 Å². The van der Waals surface area contributed by atoms with Crippen molar-refractivity contribution in [2.45, 2.75) is 53.0 Å². The number of aryl methyl sites for hydroxylation is 1. The minimum atomic E-state index is 0.349. The molecule has 0 bridgehead atoms. The summed E-state index contributed by atoms with van der Waals surface area (Å²) in [7, 11) is 0. The molecule has 0 aliphatic carbocycles.